The summed E-state index contributed by atoms with van der Waals surface area (Å²) in [5.74, 6) is 0.709. The molecule has 1 saturated heterocycles. The second kappa shape index (κ2) is 8.79. The molecule has 3 heterocycles. The number of para-hydroxylation sites is 1. The Hall–Kier alpha value is -3.00. The Bertz CT molecular complexity index is 1040. The van der Waals surface area contributed by atoms with Crippen LogP contribution in [-0.4, -0.2) is 63.7 Å². The molecule has 1 fully saturated rings. The predicted molar refractivity (Wildman–Crippen MR) is 115 cm³/mol. The van der Waals surface area contributed by atoms with Gasteiger partial charge in [-0.15, -0.1) is 0 Å². The molecular weight excluding hydrogens is 380 g/mol. The van der Waals surface area contributed by atoms with Gasteiger partial charge in [0.05, 0.1) is 13.2 Å². The van der Waals surface area contributed by atoms with E-state index in [9.17, 15) is 4.79 Å². The Kier molecular flexibility index (Phi) is 5.94. The molecule has 8 nitrogen and oxygen atoms in total. The molecule has 3 aromatic rings. The van der Waals surface area contributed by atoms with Gasteiger partial charge >= 0.3 is 0 Å². The number of benzene rings is 1. The average Bonchev–Trinajstić information content (AvgIpc) is 3.23. The largest absolute Gasteiger partial charge is 0.378 e. The van der Waals surface area contributed by atoms with E-state index >= 15 is 0 Å². The number of carbonyl (C=O) groups is 1. The normalized spacial score (nSPS) is 14.3. The Balaban J connectivity index is 1.43. The van der Waals surface area contributed by atoms with E-state index in [0.29, 0.717) is 25.2 Å². The van der Waals surface area contributed by atoms with E-state index in [1.807, 2.05) is 31.9 Å². The van der Waals surface area contributed by atoms with Gasteiger partial charge in [-0.1, -0.05) is 18.2 Å². The van der Waals surface area contributed by atoms with Crippen molar-refractivity contribution >= 4 is 17.4 Å². The number of aromatic nitrogens is 4. The Morgan fingerprint density at radius 1 is 1.20 bits per heavy atom. The van der Waals surface area contributed by atoms with Gasteiger partial charge in [0.1, 0.15) is 6.33 Å². The molecule has 8 heteroatoms. The first-order chi connectivity index (χ1) is 14.5. The lowest BCUT2D eigenvalue weighted by Crippen LogP contribution is -2.37. The second-order valence-electron chi connectivity index (χ2n) is 7.71. The average molecular weight is 409 g/mol. The summed E-state index contributed by atoms with van der Waals surface area (Å²) < 4.78 is 7.21. The van der Waals surface area contributed by atoms with Crippen molar-refractivity contribution in [3.05, 3.63) is 53.1 Å². The lowest BCUT2D eigenvalue weighted by molar-refractivity contribution is -0.130. The van der Waals surface area contributed by atoms with E-state index in [0.717, 1.165) is 48.8 Å². The Morgan fingerprint density at radius 2 is 1.97 bits per heavy atom. The van der Waals surface area contributed by atoms with Gasteiger partial charge in [-0.2, -0.15) is 10.1 Å². The van der Waals surface area contributed by atoms with Crippen LogP contribution in [0.15, 0.2) is 30.6 Å². The summed E-state index contributed by atoms with van der Waals surface area (Å²) in [7, 11) is 1.87. The van der Waals surface area contributed by atoms with E-state index in [1.54, 1.807) is 4.52 Å². The highest BCUT2D eigenvalue weighted by atomic mass is 16.5. The molecule has 158 valence electrons. The quantitative estimate of drug-likeness (QED) is 0.622. The fraction of sp³-hybridized carbons (Fsp3) is 0.455. The molecule has 1 aliphatic heterocycles. The number of amides is 1. The zero-order valence-electron chi connectivity index (χ0n) is 17.8. The minimum atomic E-state index is 0.115. The molecule has 0 N–H and O–H groups in total. The van der Waals surface area contributed by atoms with Crippen LogP contribution in [0.3, 0.4) is 0 Å². The van der Waals surface area contributed by atoms with E-state index in [2.05, 4.69) is 38.2 Å². The predicted octanol–water partition coefficient (Wildman–Crippen LogP) is 2.17. The summed E-state index contributed by atoms with van der Waals surface area (Å²) in [6.07, 6.45) is 2.57. The van der Waals surface area contributed by atoms with Gasteiger partial charge < -0.3 is 14.5 Å². The summed E-state index contributed by atoms with van der Waals surface area (Å²) in [6, 6.07) is 8.31. The smallest absolute Gasteiger partial charge is 0.252 e. The second-order valence-corrected chi connectivity index (χ2v) is 7.71. The van der Waals surface area contributed by atoms with Crippen molar-refractivity contribution in [2.24, 2.45) is 0 Å². The number of anilines is 1. The van der Waals surface area contributed by atoms with Crippen LogP contribution < -0.4 is 4.90 Å². The minimum Gasteiger partial charge on any atom is -0.378 e. The molecule has 0 radical (unpaired) electrons. The Labute approximate surface area is 176 Å². The molecular formula is C22H28N6O2. The fourth-order valence-corrected chi connectivity index (χ4v) is 4.04. The third kappa shape index (κ3) is 4.14. The van der Waals surface area contributed by atoms with E-state index in [1.165, 1.54) is 12.0 Å². The maximum atomic E-state index is 12.9. The topological polar surface area (TPSA) is 75.9 Å². The maximum Gasteiger partial charge on any atom is 0.252 e. The molecule has 1 aromatic carbocycles. The van der Waals surface area contributed by atoms with Crippen molar-refractivity contribution in [2.75, 3.05) is 38.3 Å². The molecule has 1 amide bonds. The van der Waals surface area contributed by atoms with Crippen molar-refractivity contribution in [3.63, 3.8) is 0 Å². The van der Waals surface area contributed by atoms with Crippen molar-refractivity contribution < 1.29 is 9.53 Å². The van der Waals surface area contributed by atoms with Crippen LogP contribution in [0, 0.1) is 13.8 Å². The highest BCUT2D eigenvalue weighted by Crippen LogP contribution is 2.23. The SMILES string of the molecule is Cc1nc2ncnn2c(C)c1CCC(=O)N(C)Cc1ccccc1N1CCOCC1. The van der Waals surface area contributed by atoms with Gasteiger partial charge in [-0.25, -0.2) is 9.50 Å². The van der Waals surface area contributed by atoms with Crippen LogP contribution in [0.5, 0.6) is 0 Å². The van der Waals surface area contributed by atoms with Gasteiger partial charge in [0, 0.05) is 50.2 Å². The number of hydrogen-bond donors (Lipinski definition) is 0. The minimum absolute atomic E-state index is 0.115. The van der Waals surface area contributed by atoms with Crippen molar-refractivity contribution in [1.82, 2.24) is 24.5 Å². The summed E-state index contributed by atoms with van der Waals surface area (Å²) in [5.41, 5.74) is 5.30. The molecule has 0 saturated carbocycles. The molecule has 2 aromatic heterocycles. The third-order valence-electron chi connectivity index (χ3n) is 5.75. The lowest BCUT2D eigenvalue weighted by Gasteiger charge is -2.31. The number of nitrogens with zero attached hydrogens (tertiary/aromatic N) is 6. The summed E-state index contributed by atoms with van der Waals surface area (Å²) in [4.78, 5) is 25.7. The first kappa shape index (κ1) is 20.3. The van der Waals surface area contributed by atoms with Crippen molar-refractivity contribution in [3.8, 4) is 0 Å². The van der Waals surface area contributed by atoms with Crippen LogP contribution in [0.1, 0.15) is 28.9 Å². The number of hydrogen-bond acceptors (Lipinski definition) is 6. The van der Waals surface area contributed by atoms with E-state index in [-0.39, 0.29) is 5.91 Å². The molecule has 1 aliphatic rings. The zero-order valence-corrected chi connectivity index (χ0v) is 17.8. The standard InChI is InChI=1S/C22H28N6O2/c1-16-19(17(2)28-22(25-16)23-15-24-28)8-9-21(29)26(3)14-18-6-4-5-7-20(18)27-10-12-30-13-11-27/h4-7,15H,8-14H2,1-3H3. The molecule has 0 bridgehead atoms. The zero-order chi connectivity index (χ0) is 21.1. The summed E-state index contributed by atoms with van der Waals surface area (Å²) >= 11 is 0. The highest BCUT2D eigenvalue weighted by molar-refractivity contribution is 5.76. The van der Waals surface area contributed by atoms with Gasteiger partial charge in [0.15, 0.2) is 0 Å². The monoisotopic (exact) mass is 408 g/mol. The third-order valence-corrected chi connectivity index (χ3v) is 5.75. The van der Waals surface area contributed by atoms with Crippen molar-refractivity contribution in [1.29, 1.82) is 0 Å². The number of carbonyl (C=O) groups excluding carboxylic acids is 1. The van der Waals surface area contributed by atoms with Crippen molar-refractivity contribution in [2.45, 2.75) is 33.2 Å². The van der Waals surface area contributed by atoms with Gasteiger partial charge in [0.25, 0.3) is 5.78 Å². The van der Waals surface area contributed by atoms with Gasteiger partial charge in [0.2, 0.25) is 5.91 Å². The molecule has 0 atom stereocenters. The maximum absolute atomic E-state index is 12.9. The fourth-order valence-electron chi connectivity index (χ4n) is 4.04. The Morgan fingerprint density at radius 3 is 2.77 bits per heavy atom. The summed E-state index contributed by atoms with van der Waals surface area (Å²) in [5, 5.41) is 4.23. The van der Waals surface area contributed by atoms with Crippen LogP contribution in [0.25, 0.3) is 5.78 Å². The number of fused-ring (bicyclic) bond motifs is 1. The molecule has 4 rings (SSSR count). The van der Waals surface area contributed by atoms with E-state index < -0.39 is 0 Å². The molecule has 0 aliphatic carbocycles. The first-order valence-corrected chi connectivity index (χ1v) is 10.3. The number of morpholine rings is 1. The van der Waals surface area contributed by atoms with Gasteiger partial charge in [-0.05, 0) is 37.5 Å². The van der Waals surface area contributed by atoms with Gasteiger partial charge in [-0.3, -0.25) is 4.79 Å². The molecule has 0 spiro atoms. The van der Waals surface area contributed by atoms with Crippen LogP contribution >= 0.6 is 0 Å². The first-order valence-electron chi connectivity index (χ1n) is 10.3. The number of aryl methyl sites for hydroxylation is 2. The molecule has 30 heavy (non-hydrogen) atoms. The summed E-state index contributed by atoms with van der Waals surface area (Å²) in [6.45, 7) is 7.79. The number of ether oxygens (including phenoxy) is 1. The lowest BCUT2D eigenvalue weighted by atomic mass is 10.1. The van der Waals surface area contributed by atoms with Crippen LogP contribution in [0.4, 0.5) is 5.69 Å². The van der Waals surface area contributed by atoms with Crippen LogP contribution in [0.2, 0.25) is 0 Å². The highest BCUT2D eigenvalue weighted by Gasteiger charge is 2.18. The number of rotatable bonds is 6. The van der Waals surface area contributed by atoms with Crippen LogP contribution in [-0.2, 0) is 22.5 Å². The molecule has 0 unspecified atom stereocenters. The van der Waals surface area contributed by atoms with E-state index in [4.69, 9.17) is 4.74 Å².